The summed E-state index contributed by atoms with van der Waals surface area (Å²) in [4.78, 5) is 26.7. The van der Waals surface area contributed by atoms with Gasteiger partial charge in [-0.05, 0) is 101 Å². The maximum atomic E-state index is 13.8. The van der Waals surface area contributed by atoms with Crippen molar-refractivity contribution in [2.45, 2.75) is 66.6 Å². The highest BCUT2D eigenvalue weighted by Gasteiger charge is 2.60. The van der Waals surface area contributed by atoms with Crippen LogP contribution in [0.4, 0.5) is 0 Å². The van der Waals surface area contributed by atoms with Crippen LogP contribution in [-0.2, 0) is 19.1 Å². The van der Waals surface area contributed by atoms with Crippen LogP contribution in [0.15, 0.2) is 36.1 Å². The minimum absolute atomic E-state index is 0.0142. The fraction of sp³-hybridized carbons (Fsp3) is 0.448. The van der Waals surface area contributed by atoms with Crippen molar-refractivity contribution in [1.29, 1.82) is 0 Å². The molecular formula is C29H31ClO5. The predicted octanol–water partition coefficient (Wildman–Crippen LogP) is 6.73. The number of hydrogen-bond donors (Lipinski definition) is 0. The van der Waals surface area contributed by atoms with Crippen LogP contribution in [0.5, 0.6) is 11.5 Å². The van der Waals surface area contributed by atoms with Gasteiger partial charge in [0.05, 0.1) is 40.1 Å². The molecule has 0 radical (unpaired) electrons. The molecule has 0 aromatic heterocycles. The topological polar surface area (TPSA) is 61.8 Å². The maximum absolute atomic E-state index is 13.8. The molecule has 2 aromatic rings. The summed E-state index contributed by atoms with van der Waals surface area (Å²) in [7, 11) is 0. The molecule has 5 rings (SSSR count). The molecule has 0 amide bonds. The van der Waals surface area contributed by atoms with E-state index in [1.165, 1.54) is 0 Å². The van der Waals surface area contributed by atoms with Gasteiger partial charge < -0.3 is 14.2 Å². The summed E-state index contributed by atoms with van der Waals surface area (Å²) in [6, 6.07) is 9.46. The molecule has 0 saturated carbocycles. The number of rotatable bonds is 4. The van der Waals surface area contributed by atoms with Gasteiger partial charge in [-0.1, -0.05) is 17.7 Å². The Kier molecular flexibility index (Phi) is 5.84. The molecule has 35 heavy (non-hydrogen) atoms. The summed E-state index contributed by atoms with van der Waals surface area (Å²) in [5.74, 6) is 0.871. The first-order valence-corrected chi connectivity index (χ1v) is 12.5. The van der Waals surface area contributed by atoms with Crippen molar-refractivity contribution < 1.29 is 23.8 Å². The molecule has 2 heterocycles. The number of fused-ring (bicyclic) bond motifs is 5. The van der Waals surface area contributed by atoms with E-state index in [0.717, 1.165) is 35.1 Å². The summed E-state index contributed by atoms with van der Waals surface area (Å²) in [5.41, 5.74) is 3.45. The van der Waals surface area contributed by atoms with E-state index in [0.29, 0.717) is 27.9 Å². The molecule has 0 unspecified atom stereocenters. The molecule has 184 valence electrons. The molecule has 2 aliphatic heterocycles. The lowest BCUT2D eigenvalue weighted by Crippen LogP contribution is -2.31. The first-order chi connectivity index (χ1) is 16.5. The average molecular weight is 495 g/mol. The predicted molar refractivity (Wildman–Crippen MR) is 135 cm³/mol. The van der Waals surface area contributed by atoms with E-state index in [2.05, 4.69) is 0 Å². The molecular weight excluding hydrogens is 464 g/mol. The quantitative estimate of drug-likeness (QED) is 0.441. The minimum atomic E-state index is -0.688. The lowest BCUT2D eigenvalue weighted by atomic mass is 9.80. The lowest BCUT2D eigenvalue weighted by Gasteiger charge is -2.24. The Morgan fingerprint density at radius 2 is 1.63 bits per heavy atom. The Hall–Kier alpha value is -2.63. The van der Waals surface area contributed by atoms with Crippen molar-refractivity contribution in [2.24, 2.45) is 17.3 Å². The minimum Gasteiger partial charge on any atom is -0.456 e. The number of carbonyl (C=O) groups is 2. The molecule has 3 aliphatic rings. The normalized spacial score (nSPS) is 25.3. The van der Waals surface area contributed by atoms with Crippen LogP contribution in [0.2, 0.25) is 5.02 Å². The molecule has 2 bridgehead atoms. The van der Waals surface area contributed by atoms with Gasteiger partial charge in [0.15, 0.2) is 5.78 Å². The third-order valence-electron chi connectivity index (χ3n) is 7.26. The van der Waals surface area contributed by atoms with Crippen LogP contribution in [0.3, 0.4) is 0 Å². The standard InChI is InChI=1S/C29H31ClO5/c1-14-7-8-19(18(30)11-14)33-17-12-15(2)22(16(3)13-17)25-26(31)23-20-9-10-21(34-20)24(23)27(25)35-28(32)29(4,5)6/h7-8,11-13,20-21,23-24H,9-10H2,1-6H3/t20-,21+,23-,24+/m0/s1. The van der Waals surface area contributed by atoms with Crippen molar-refractivity contribution in [3.63, 3.8) is 0 Å². The molecule has 2 aromatic carbocycles. The van der Waals surface area contributed by atoms with Crippen molar-refractivity contribution in [3.05, 3.63) is 63.4 Å². The number of ketones is 1. The van der Waals surface area contributed by atoms with E-state index < -0.39 is 5.41 Å². The summed E-state index contributed by atoms with van der Waals surface area (Å²) < 4.78 is 18.2. The van der Waals surface area contributed by atoms with Gasteiger partial charge in [-0.3, -0.25) is 9.59 Å². The number of benzene rings is 2. The zero-order valence-corrected chi connectivity index (χ0v) is 21.8. The smallest absolute Gasteiger partial charge is 0.316 e. The van der Waals surface area contributed by atoms with Gasteiger partial charge >= 0.3 is 5.97 Å². The third-order valence-corrected chi connectivity index (χ3v) is 7.55. The summed E-state index contributed by atoms with van der Waals surface area (Å²) in [6.07, 6.45) is 1.56. The number of aryl methyl sites for hydroxylation is 3. The molecule has 6 heteroatoms. The van der Waals surface area contributed by atoms with Gasteiger partial charge in [0.1, 0.15) is 17.3 Å². The molecule has 0 N–H and O–H groups in total. The van der Waals surface area contributed by atoms with E-state index in [1.54, 1.807) is 0 Å². The van der Waals surface area contributed by atoms with Crippen LogP contribution in [-0.4, -0.2) is 24.0 Å². The second kappa shape index (κ2) is 8.49. The van der Waals surface area contributed by atoms with Gasteiger partial charge in [0.25, 0.3) is 0 Å². The lowest BCUT2D eigenvalue weighted by molar-refractivity contribution is -0.149. The number of Topliss-reactive ketones (excluding diaryl/α,β-unsaturated/α-hetero) is 1. The summed E-state index contributed by atoms with van der Waals surface area (Å²) >= 11 is 6.37. The SMILES string of the molecule is Cc1ccc(Oc2cc(C)c(C3=C(OC(=O)C(C)(C)C)[C@H]4[C@@H](C3=O)[C@@H]3CC[C@H]4O3)c(C)c2)c(Cl)c1. The second-order valence-corrected chi connectivity index (χ2v) is 11.5. The average Bonchev–Trinajstić information content (AvgIpc) is 3.44. The maximum Gasteiger partial charge on any atom is 0.316 e. The molecule has 1 aliphatic carbocycles. The summed E-state index contributed by atoms with van der Waals surface area (Å²) in [5, 5.41) is 0.540. The van der Waals surface area contributed by atoms with Gasteiger partial charge in [-0.15, -0.1) is 0 Å². The van der Waals surface area contributed by atoms with Crippen LogP contribution in [0.25, 0.3) is 5.57 Å². The molecule has 2 saturated heterocycles. The highest BCUT2D eigenvalue weighted by molar-refractivity contribution is 6.32. The first kappa shape index (κ1) is 24.1. The van der Waals surface area contributed by atoms with Crippen molar-refractivity contribution >= 4 is 28.9 Å². The number of allylic oxidation sites excluding steroid dienone is 1. The van der Waals surface area contributed by atoms with Gasteiger partial charge in [0, 0.05) is 0 Å². The Bertz CT molecular complexity index is 1250. The summed E-state index contributed by atoms with van der Waals surface area (Å²) in [6.45, 7) is 11.3. The number of halogens is 1. The molecule has 0 spiro atoms. The first-order valence-electron chi connectivity index (χ1n) is 12.2. The zero-order valence-electron chi connectivity index (χ0n) is 21.0. The van der Waals surface area contributed by atoms with E-state index in [-0.39, 0.29) is 35.8 Å². The number of ether oxygens (including phenoxy) is 3. The highest BCUT2D eigenvalue weighted by Crippen LogP contribution is 2.55. The van der Waals surface area contributed by atoms with E-state index in [4.69, 9.17) is 25.8 Å². The fourth-order valence-corrected chi connectivity index (χ4v) is 5.88. The zero-order chi connectivity index (χ0) is 25.2. The number of carbonyl (C=O) groups excluding carboxylic acids is 2. The Labute approximate surface area is 211 Å². The van der Waals surface area contributed by atoms with Crippen LogP contribution in [0, 0.1) is 38.0 Å². The van der Waals surface area contributed by atoms with Gasteiger partial charge in [0.2, 0.25) is 0 Å². The highest BCUT2D eigenvalue weighted by atomic mass is 35.5. The van der Waals surface area contributed by atoms with Gasteiger partial charge in [-0.25, -0.2) is 0 Å². The van der Waals surface area contributed by atoms with Crippen LogP contribution in [0.1, 0.15) is 55.9 Å². The Morgan fingerprint density at radius 3 is 2.23 bits per heavy atom. The van der Waals surface area contributed by atoms with E-state index in [1.807, 2.05) is 71.9 Å². The number of esters is 1. The van der Waals surface area contributed by atoms with Gasteiger partial charge in [-0.2, -0.15) is 0 Å². The van der Waals surface area contributed by atoms with Crippen molar-refractivity contribution in [2.75, 3.05) is 0 Å². The van der Waals surface area contributed by atoms with E-state index in [9.17, 15) is 9.59 Å². The molecule has 2 fully saturated rings. The van der Waals surface area contributed by atoms with Crippen molar-refractivity contribution in [1.82, 2.24) is 0 Å². The second-order valence-electron chi connectivity index (χ2n) is 11.1. The fourth-order valence-electron chi connectivity index (χ4n) is 5.61. The van der Waals surface area contributed by atoms with Crippen LogP contribution < -0.4 is 4.74 Å². The van der Waals surface area contributed by atoms with E-state index >= 15 is 0 Å². The third kappa shape index (κ3) is 4.09. The molecule has 5 nitrogen and oxygen atoms in total. The van der Waals surface area contributed by atoms with Crippen molar-refractivity contribution in [3.8, 4) is 11.5 Å². The molecule has 4 atom stereocenters. The Morgan fingerprint density at radius 1 is 1.00 bits per heavy atom. The number of hydrogen-bond acceptors (Lipinski definition) is 5. The Balaban J connectivity index is 1.57. The monoisotopic (exact) mass is 494 g/mol. The van der Waals surface area contributed by atoms with Crippen LogP contribution >= 0.6 is 11.6 Å². The largest absolute Gasteiger partial charge is 0.456 e.